The molecule has 0 radical (unpaired) electrons. The van der Waals surface area contributed by atoms with Gasteiger partial charge in [0.05, 0.1) is 21.9 Å². The molecule has 4 heterocycles. The highest BCUT2D eigenvalue weighted by molar-refractivity contribution is 6.30. The van der Waals surface area contributed by atoms with Gasteiger partial charge in [-0.1, -0.05) is 17.7 Å². The largest absolute Gasteiger partial charge is 0.487 e. The Labute approximate surface area is 197 Å². The van der Waals surface area contributed by atoms with E-state index >= 15 is 0 Å². The molecule has 1 atom stereocenters. The number of rotatable bonds is 6. The second-order valence-corrected chi connectivity index (χ2v) is 8.90. The van der Waals surface area contributed by atoms with E-state index in [0.29, 0.717) is 16.8 Å². The molecule has 33 heavy (non-hydrogen) atoms. The van der Waals surface area contributed by atoms with Crippen molar-refractivity contribution in [3.8, 4) is 11.4 Å². The number of fused-ring (bicyclic) bond motifs is 1. The fraction of sp³-hybridized carbons (Fsp3) is 0.269. The van der Waals surface area contributed by atoms with E-state index in [1.807, 2.05) is 18.2 Å². The molecule has 1 aromatic carbocycles. The highest BCUT2D eigenvalue weighted by Crippen LogP contribution is 2.22. The first kappa shape index (κ1) is 21.6. The Kier molecular flexibility index (Phi) is 6.11. The number of hydrogen-bond acceptors (Lipinski definition) is 5. The highest BCUT2D eigenvalue weighted by atomic mass is 35.5. The molecule has 0 N–H and O–H groups in total. The van der Waals surface area contributed by atoms with Crippen molar-refractivity contribution >= 4 is 22.5 Å². The van der Waals surface area contributed by atoms with E-state index in [1.54, 1.807) is 35.2 Å². The average molecular weight is 461 g/mol. The molecule has 0 spiro atoms. The van der Waals surface area contributed by atoms with Crippen LogP contribution in [0.15, 0.2) is 71.8 Å². The van der Waals surface area contributed by atoms with Gasteiger partial charge in [-0.05, 0) is 68.8 Å². The fourth-order valence-electron chi connectivity index (χ4n) is 4.24. The topological polar surface area (TPSA) is 60.2 Å². The van der Waals surface area contributed by atoms with Crippen LogP contribution in [-0.4, -0.2) is 32.0 Å². The van der Waals surface area contributed by atoms with Crippen LogP contribution in [0.4, 0.5) is 0 Å². The van der Waals surface area contributed by atoms with Crippen LogP contribution >= 0.6 is 11.6 Å². The van der Waals surface area contributed by atoms with Gasteiger partial charge in [0.25, 0.3) is 5.56 Å². The number of pyridine rings is 3. The normalized spacial score (nSPS) is 16.4. The summed E-state index contributed by atoms with van der Waals surface area (Å²) in [6.45, 7) is 4.56. The van der Waals surface area contributed by atoms with Gasteiger partial charge in [-0.25, -0.2) is 0 Å². The number of likely N-dealkylation sites (tertiary alicyclic amines) is 1. The lowest BCUT2D eigenvalue weighted by Crippen LogP contribution is -2.26. The average Bonchev–Trinajstić information content (AvgIpc) is 3.22. The van der Waals surface area contributed by atoms with Gasteiger partial charge < -0.3 is 4.74 Å². The molecule has 0 amide bonds. The van der Waals surface area contributed by atoms with E-state index in [-0.39, 0.29) is 12.2 Å². The molecule has 0 saturated carbocycles. The van der Waals surface area contributed by atoms with E-state index in [0.717, 1.165) is 41.1 Å². The minimum Gasteiger partial charge on any atom is -0.487 e. The summed E-state index contributed by atoms with van der Waals surface area (Å²) in [4.78, 5) is 24.3. The Bertz CT molecular complexity index is 1340. The Morgan fingerprint density at radius 1 is 1.09 bits per heavy atom. The van der Waals surface area contributed by atoms with Gasteiger partial charge in [-0.15, -0.1) is 0 Å². The standard InChI is InChI=1S/C26H25ClN4O2/c1-18-3-2-11-30(18)16-21-6-4-19-13-23(8-9-25(19)29-21)31-12-10-24(14-26(31)32)33-17-22-7-5-20(27)15-28-22/h4-10,12-15,18H,2-3,11,16-17H2,1H3/t18-/m1/s1. The second-order valence-electron chi connectivity index (χ2n) is 8.47. The number of hydrogen-bond donors (Lipinski definition) is 0. The molecule has 3 aromatic heterocycles. The number of aromatic nitrogens is 3. The Morgan fingerprint density at radius 3 is 2.73 bits per heavy atom. The quantitative estimate of drug-likeness (QED) is 0.405. The van der Waals surface area contributed by atoms with Crippen molar-refractivity contribution in [3.63, 3.8) is 0 Å². The molecule has 5 rings (SSSR count). The van der Waals surface area contributed by atoms with Crippen molar-refractivity contribution in [1.29, 1.82) is 0 Å². The van der Waals surface area contributed by atoms with Gasteiger partial charge in [0, 0.05) is 42.1 Å². The summed E-state index contributed by atoms with van der Waals surface area (Å²) >= 11 is 5.86. The first-order chi connectivity index (χ1) is 16.0. The van der Waals surface area contributed by atoms with Crippen LogP contribution in [0.2, 0.25) is 5.02 Å². The van der Waals surface area contributed by atoms with Crippen molar-refractivity contribution in [2.24, 2.45) is 0 Å². The minimum atomic E-state index is -0.163. The Hall–Kier alpha value is -3.22. The van der Waals surface area contributed by atoms with Crippen molar-refractivity contribution in [1.82, 2.24) is 19.4 Å². The molecule has 0 unspecified atom stereocenters. The molecule has 4 aromatic rings. The molecule has 1 fully saturated rings. The molecule has 6 nitrogen and oxygen atoms in total. The predicted octanol–water partition coefficient (Wildman–Crippen LogP) is 5.00. The zero-order valence-corrected chi connectivity index (χ0v) is 19.2. The number of halogens is 1. The molecule has 1 aliphatic rings. The SMILES string of the molecule is C[C@@H]1CCCN1Cc1ccc2cc(-n3ccc(OCc4ccc(Cl)cn4)cc3=O)ccc2n1. The van der Waals surface area contributed by atoms with Crippen molar-refractivity contribution < 1.29 is 4.74 Å². The highest BCUT2D eigenvalue weighted by Gasteiger charge is 2.20. The van der Waals surface area contributed by atoms with Crippen LogP contribution in [0.5, 0.6) is 5.75 Å². The van der Waals surface area contributed by atoms with Crippen LogP contribution in [0.1, 0.15) is 31.2 Å². The van der Waals surface area contributed by atoms with Crippen molar-refractivity contribution in [2.75, 3.05) is 6.54 Å². The maximum Gasteiger partial charge on any atom is 0.258 e. The summed E-state index contributed by atoms with van der Waals surface area (Å²) in [6, 6.07) is 17.5. The van der Waals surface area contributed by atoms with E-state index in [4.69, 9.17) is 21.3 Å². The minimum absolute atomic E-state index is 0.163. The lowest BCUT2D eigenvalue weighted by atomic mass is 10.1. The first-order valence-corrected chi connectivity index (χ1v) is 11.5. The summed E-state index contributed by atoms with van der Waals surface area (Å²) < 4.78 is 7.32. The van der Waals surface area contributed by atoms with Crippen molar-refractivity contribution in [3.05, 3.63) is 93.8 Å². The summed E-state index contributed by atoms with van der Waals surface area (Å²) in [6.07, 6.45) is 5.82. The second kappa shape index (κ2) is 9.33. The molecule has 0 bridgehead atoms. The van der Waals surface area contributed by atoms with Gasteiger partial charge in [0.2, 0.25) is 0 Å². The maximum absolute atomic E-state index is 12.7. The third-order valence-corrected chi connectivity index (χ3v) is 6.35. The first-order valence-electron chi connectivity index (χ1n) is 11.2. The summed E-state index contributed by atoms with van der Waals surface area (Å²) in [5, 5.41) is 1.58. The summed E-state index contributed by atoms with van der Waals surface area (Å²) in [5.41, 5.74) is 3.39. The van der Waals surface area contributed by atoms with E-state index in [9.17, 15) is 4.79 Å². The lowest BCUT2D eigenvalue weighted by molar-refractivity contribution is 0.257. The zero-order chi connectivity index (χ0) is 22.8. The van der Waals surface area contributed by atoms with Gasteiger partial charge >= 0.3 is 0 Å². The molecular formula is C26H25ClN4O2. The molecule has 1 saturated heterocycles. The molecule has 0 aliphatic carbocycles. The van der Waals surface area contributed by atoms with Gasteiger partial charge in [0.1, 0.15) is 12.4 Å². The molecule has 168 valence electrons. The van der Waals surface area contributed by atoms with Crippen LogP contribution in [0, 0.1) is 0 Å². The number of benzene rings is 1. The lowest BCUT2D eigenvalue weighted by Gasteiger charge is -2.20. The smallest absolute Gasteiger partial charge is 0.258 e. The van der Waals surface area contributed by atoms with Gasteiger partial charge in [0.15, 0.2) is 0 Å². The van der Waals surface area contributed by atoms with Crippen molar-refractivity contribution in [2.45, 2.75) is 39.0 Å². The molecular weight excluding hydrogens is 436 g/mol. The van der Waals surface area contributed by atoms with Gasteiger partial charge in [-0.3, -0.25) is 24.2 Å². The van der Waals surface area contributed by atoms with E-state index < -0.39 is 0 Å². The number of nitrogens with zero attached hydrogens (tertiary/aromatic N) is 4. The van der Waals surface area contributed by atoms with Crippen LogP contribution < -0.4 is 10.3 Å². The summed E-state index contributed by atoms with van der Waals surface area (Å²) in [7, 11) is 0. The Balaban J connectivity index is 1.32. The monoisotopic (exact) mass is 460 g/mol. The molecule has 1 aliphatic heterocycles. The maximum atomic E-state index is 12.7. The third kappa shape index (κ3) is 4.92. The van der Waals surface area contributed by atoms with Crippen LogP contribution in [0.3, 0.4) is 0 Å². The molecule has 7 heteroatoms. The van der Waals surface area contributed by atoms with Gasteiger partial charge in [-0.2, -0.15) is 0 Å². The number of ether oxygens (including phenoxy) is 1. The Morgan fingerprint density at radius 2 is 1.97 bits per heavy atom. The van der Waals surface area contributed by atoms with Crippen LogP contribution in [0.25, 0.3) is 16.6 Å². The fourth-order valence-corrected chi connectivity index (χ4v) is 4.35. The summed E-state index contributed by atoms with van der Waals surface area (Å²) in [5.74, 6) is 0.497. The van der Waals surface area contributed by atoms with Crippen LogP contribution in [-0.2, 0) is 13.2 Å². The predicted molar refractivity (Wildman–Crippen MR) is 130 cm³/mol. The van der Waals surface area contributed by atoms with E-state index in [2.05, 4.69) is 28.9 Å². The van der Waals surface area contributed by atoms with E-state index in [1.165, 1.54) is 18.9 Å². The third-order valence-electron chi connectivity index (χ3n) is 6.13. The zero-order valence-electron chi connectivity index (χ0n) is 18.4.